The minimum Gasteiger partial charge on any atom is -0.472 e. The van der Waals surface area contributed by atoms with Crippen molar-refractivity contribution in [2.45, 2.75) is 19.4 Å². The number of rotatable bonds is 5. The topological polar surface area (TPSA) is 25.2 Å². The zero-order valence-corrected chi connectivity index (χ0v) is 11.7. The summed E-state index contributed by atoms with van der Waals surface area (Å²) >= 11 is 3.22. The van der Waals surface area contributed by atoms with E-state index < -0.39 is 0 Å². The number of hydrogen-bond acceptors (Lipinski definition) is 2. The summed E-state index contributed by atoms with van der Waals surface area (Å²) in [5.74, 6) is -0.239. The van der Waals surface area contributed by atoms with Gasteiger partial charge in [-0.15, -0.1) is 0 Å². The summed E-state index contributed by atoms with van der Waals surface area (Å²) in [6.07, 6.45) is 4.23. The fraction of sp³-hybridized carbons (Fsp3) is 0.286. The van der Waals surface area contributed by atoms with Gasteiger partial charge in [0.05, 0.1) is 17.0 Å². The van der Waals surface area contributed by atoms with Crippen LogP contribution in [0, 0.1) is 5.82 Å². The zero-order valence-electron chi connectivity index (χ0n) is 10.1. The van der Waals surface area contributed by atoms with Crippen molar-refractivity contribution in [2.24, 2.45) is 0 Å². The van der Waals surface area contributed by atoms with Gasteiger partial charge >= 0.3 is 0 Å². The Bertz CT molecular complexity index is 499. The summed E-state index contributed by atoms with van der Waals surface area (Å²) in [6, 6.07) is 7.22. The van der Waals surface area contributed by atoms with E-state index in [1.54, 1.807) is 12.5 Å². The number of benzene rings is 1. The molecule has 96 valence electrons. The predicted octanol–water partition coefficient (Wildman–Crippen LogP) is 4.07. The van der Waals surface area contributed by atoms with Crippen molar-refractivity contribution in [1.82, 2.24) is 5.32 Å². The third-order valence-corrected chi connectivity index (χ3v) is 3.42. The Morgan fingerprint density at radius 3 is 2.83 bits per heavy atom. The van der Waals surface area contributed by atoms with E-state index >= 15 is 0 Å². The largest absolute Gasteiger partial charge is 0.472 e. The molecule has 0 saturated carbocycles. The van der Waals surface area contributed by atoms with Gasteiger partial charge in [0.2, 0.25) is 0 Å². The van der Waals surface area contributed by atoms with Crippen LogP contribution in [-0.4, -0.2) is 6.54 Å². The van der Waals surface area contributed by atoms with Gasteiger partial charge in [0, 0.05) is 6.04 Å². The molecule has 4 heteroatoms. The molecule has 0 amide bonds. The average Bonchev–Trinajstić information content (AvgIpc) is 2.85. The van der Waals surface area contributed by atoms with Gasteiger partial charge in [-0.25, -0.2) is 4.39 Å². The summed E-state index contributed by atoms with van der Waals surface area (Å²) in [7, 11) is 0. The van der Waals surface area contributed by atoms with Gasteiger partial charge in [-0.2, -0.15) is 0 Å². The third-order valence-electron chi connectivity index (χ3n) is 2.82. The minimum absolute atomic E-state index is 0.157. The molecule has 0 fully saturated rings. The number of halogens is 2. The first-order valence-electron chi connectivity index (χ1n) is 5.90. The molecule has 0 bridgehead atoms. The maximum atomic E-state index is 13.2. The van der Waals surface area contributed by atoms with E-state index in [1.807, 2.05) is 18.2 Å². The fourth-order valence-electron chi connectivity index (χ4n) is 1.93. The van der Waals surface area contributed by atoms with Gasteiger partial charge in [-0.3, -0.25) is 0 Å². The Morgan fingerprint density at radius 2 is 2.22 bits per heavy atom. The monoisotopic (exact) mass is 311 g/mol. The molecule has 0 aliphatic carbocycles. The summed E-state index contributed by atoms with van der Waals surface area (Å²) in [4.78, 5) is 0. The Morgan fingerprint density at radius 1 is 1.39 bits per heavy atom. The summed E-state index contributed by atoms with van der Waals surface area (Å²) in [5, 5.41) is 3.40. The molecule has 1 unspecified atom stereocenters. The Hall–Kier alpha value is -1.13. The van der Waals surface area contributed by atoms with Crippen molar-refractivity contribution in [1.29, 1.82) is 0 Å². The highest BCUT2D eigenvalue weighted by atomic mass is 79.9. The standard InChI is InChI=1S/C14H15BrFNO/c1-2-17-14(7-10-5-6-18-9-10)11-3-4-13(16)12(15)8-11/h3-6,8-9,14,17H,2,7H2,1H3. The molecule has 1 aromatic carbocycles. The van der Waals surface area contributed by atoms with Crippen molar-refractivity contribution in [2.75, 3.05) is 6.54 Å². The second kappa shape index (κ2) is 6.16. The van der Waals surface area contributed by atoms with Crippen molar-refractivity contribution >= 4 is 15.9 Å². The van der Waals surface area contributed by atoms with E-state index in [1.165, 1.54) is 6.07 Å². The lowest BCUT2D eigenvalue weighted by Crippen LogP contribution is -2.22. The third kappa shape index (κ3) is 3.21. The summed E-state index contributed by atoms with van der Waals surface area (Å²) < 4.78 is 18.8. The molecule has 0 saturated heterocycles. The Kier molecular flexibility index (Phi) is 4.55. The lowest BCUT2D eigenvalue weighted by atomic mass is 10.0. The number of hydrogen-bond donors (Lipinski definition) is 1. The average molecular weight is 312 g/mol. The van der Waals surface area contributed by atoms with Crippen molar-refractivity contribution in [3.8, 4) is 0 Å². The lowest BCUT2D eigenvalue weighted by Gasteiger charge is -2.18. The molecule has 0 aliphatic heterocycles. The Balaban J connectivity index is 2.20. The first-order chi connectivity index (χ1) is 8.70. The first kappa shape index (κ1) is 13.3. The predicted molar refractivity (Wildman–Crippen MR) is 72.9 cm³/mol. The van der Waals surface area contributed by atoms with E-state index in [0.29, 0.717) is 4.47 Å². The smallest absolute Gasteiger partial charge is 0.137 e. The molecule has 0 aliphatic rings. The number of nitrogens with one attached hydrogen (secondary N) is 1. The number of furan rings is 1. The maximum absolute atomic E-state index is 13.2. The first-order valence-corrected chi connectivity index (χ1v) is 6.69. The van der Waals surface area contributed by atoms with Crippen LogP contribution < -0.4 is 5.32 Å². The summed E-state index contributed by atoms with van der Waals surface area (Å²) in [5.41, 5.74) is 2.19. The molecule has 2 aromatic rings. The summed E-state index contributed by atoms with van der Waals surface area (Å²) in [6.45, 7) is 2.92. The SMILES string of the molecule is CCNC(Cc1ccoc1)c1ccc(F)c(Br)c1. The second-order valence-corrected chi connectivity index (χ2v) is 4.97. The van der Waals surface area contributed by atoms with Crippen LogP contribution in [0.3, 0.4) is 0 Å². The highest BCUT2D eigenvalue weighted by Gasteiger charge is 2.13. The van der Waals surface area contributed by atoms with Crippen LogP contribution in [0.5, 0.6) is 0 Å². The van der Waals surface area contributed by atoms with Gasteiger partial charge in [-0.05, 0) is 58.2 Å². The van der Waals surface area contributed by atoms with Crippen LogP contribution in [-0.2, 0) is 6.42 Å². The molecule has 1 atom stereocenters. The maximum Gasteiger partial charge on any atom is 0.137 e. The zero-order chi connectivity index (χ0) is 13.0. The van der Waals surface area contributed by atoms with Crippen LogP contribution in [0.15, 0.2) is 45.7 Å². The molecule has 1 aromatic heterocycles. The quantitative estimate of drug-likeness (QED) is 0.900. The highest BCUT2D eigenvalue weighted by molar-refractivity contribution is 9.10. The van der Waals surface area contributed by atoms with Gasteiger partial charge in [0.25, 0.3) is 0 Å². The lowest BCUT2D eigenvalue weighted by molar-refractivity contribution is 0.533. The molecule has 2 rings (SSSR count). The molecule has 0 spiro atoms. The Labute approximate surface area is 114 Å². The van der Waals surface area contributed by atoms with Crippen LogP contribution in [0.2, 0.25) is 0 Å². The number of likely N-dealkylation sites (N-methyl/N-ethyl adjacent to an activating group) is 1. The van der Waals surface area contributed by atoms with Crippen LogP contribution >= 0.6 is 15.9 Å². The molecular formula is C14H15BrFNO. The van der Waals surface area contributed by atoms with Crippen LogP contribution in [0.4, 0.5) is 4.39 Å². The van der Waals surface area contributed by atoms with Gasteiger partial charge in [-0.1, -0.05) is 13.0 Å². The molecule has 18 heavy (non-hydrogen) atoms. The van der Waals surface area contributed by atoms with Crippen molar-refractivity contribution in [3.63, 3.8) is 0 Å². The molecule has 1 N–H and O–H groups in total. The van der Waals surface area contributed by atoms with Crippen LogP contribution in [0.1, 0.15) is 24.1 Å². The molecular weight excluding hydrogens is 297 g/mol. The molecule has 0 radical (unpaired) electrons. The van der Waals surface area contributed by atoms with E-state index in [4.69, 9.17) is 4.42 Å². The molecule has 1 heterocycles. The minimum atomic E-state index is -0.239. The normalized spacial score (nSPS) is 12.6. The van der Waals surface area contributed by atoms with E-state index in [0.717, 1.165) is 24.1 Å². The van der Waals surface area contributed by atoms with Gasteiger partial charge in [0.1, 0.15) is 5.82 Å². The van der Waals surface area contributed by atoms with Crippen molar-refractivity contribution in [3.05, 3.63) is 58.2 Å². The van der Waals surface area contributed by atoms with E-state index in [9.17, 15) is 4.39 Å². The van der Waals surface area contributed by atoms with E-state index in [2.05, 4.69) is 28.2 Å². The molecule has 2 nitrogen and oxygen atoms in total. The van der Waals surface area contributed by atoms with Gasteiger partial charge < -0.3 is 9.73 Å². The van der Waals surface area contributed by atoms with E-state index in [-0.39, 0.29) is 11.9 Å². The second-order valence-electron chi connectivity index (χ2n) is 4.12. The van der Waals surface area contributed by atoms with Crippen molar-refractivity contribution < 1.29 is 8.81 Å². The fourth-order valence-corrected chi connectivity index (χ4v) is 2.32. The van der Waals surface area contributed by atoms with Crippen LogP contribution in [0.25, 0.3) is 0 Å². The van der Waals surface area contributed by atoms with Gasteiger partial charge in [0.15, 0.2) is 0 Å². The highest BCUT2D eigenvalue weighted by Crippen LogP contribution is 2.24.